The van der Waals surface area contributed by atoms with Gasteiger partial charge in [-0.05, 0) is 68.1 Å². The molecule has 1 fully saturated rings. The molecule has 2 heteroatoms. The zero-order chi connectivity index (χ0) is 16.6. The van der Waals surface area contributed by atoms with E-state index in [0.717, 1.165) is 24.4 Å². The van der Waals surface area contributed by atoms with Crippen molar-refractivity contribution in [2.45, 2.75) is 25.7 Å². The lowest BCUT2D eigenvalue weighted by Gasteiger charge is -2.31. The van der Waals surface area contributed by atoms with Crippen molar-refractivity contribution in [1.29, 1.82) is 0 Å². The minimum Gasteiger partial charge on any atom is -0.302 e. The van der Waals surface area contributed by atoms with E-state index in [1.165, 1.54) is 50.0 Å². The molecule has 2 aromatic carbocycles. The summed E-state index contributed by atoms with van der Waals surface area (Å²) in [6.45, 7) is 3.39. The molecule has 0 amide bonds. The third-order valence-electron chi connectivity index (χ3n) is 4.70. The quantitative estimate of drug-likeness (QED) is 0.748. The Labute approximate surface area is 144 Å². The average Bonchev–Trinajstić information content (AvgIpc) is 2.62. The van der Waals surface area contributed by atoms with Crippen molar-refractivity contribution in [1.82, 2.24) is 4.90 Å². The first kappa shape index (κ1) is 16.7. The topological polar surface area (TPSA) is 3.24 Å². The van der Waals surface area contributed by atoms with E-state index in [9.17, 15) is 4.39 Å². The predicted octanol–water partition coefficient (Wildman–Crippen LogP) is 4.52. The van der Waals surface area contributed by atoms with E-state index < -0.39 is 0 Å². The van der Waals surface area contributed by atoms with Gasteiger partial charge >= 0.3 is 0 Å². The van der Waals surface area contributed by atoms with Gasteiger partial charge in [0.05, 0.1) is 0 Å². The monoisotopic (exact) mass is 321 g/mol. The van der Waals surface area contributed by atoms with E-state index in [-0.39, 0.29) is 5.82 Å². The molecular weight excluding hydrogens is 297 g/mol. The summed E-state index contributed by atoms with van der Waals surface area (Å²) in [5, 5.41) is 0. The SMILES string of the molecule is Fc1ccc(C#CCCN2CCC(Cc3ccccc3)CC2)cc1. The van der Waals surface area contributed by atoms with Crippen LogP contribution in [0.25, 0.3) is 0 Å². The molecule has 0 aromatic heterocycles. The van der Waals surface area contributed by atoms with Gasteiger partial charge in [-0.25, -0.2) is 4.39 Å². The molecule has 3 rings (SSSR count). The Morgan fingerprint density at radius 2 is 1.67 bits per heavy atom. The molecule has 1 heterocycles. The fraction of sp³-hybridized carbons (Fsp3) is 0.364. The molecule has 0 aliphatic carbocycles. The van der Waals surface area contributed by atoms with Gasteiger partial charge in [0.1, 0.15) is 5.82 Å². The fourth-order valence-corrected chi connectivity index (χ4v) is 3.27. The van der Waals surface area contributed by atoms with Crippen LogP contribution < -0.4 is 0 Å². The van der Waals surface area contributed by atoms with Crippen molar-refractivity contribution in [3.05, 3.63) is 71.5 Å². The van der Waals surface area contributed by atoms with E-state index in [0.29, 0.717) is 0 Å². The van der Waals surface area contributed by atoms with Crippen LogP contribution in [0.2, 0.25) is 0 Å². The maximum absolute atomic E-state index is 12.8. The van der Waals surface area contributed by atoms with Crippen molar-refractivity contribution in [3.8, 4) is 11.8 Å². The summed E-state index contributed by atoms with van der Waals surface area (Å²) in [6, 6.07) is 17.2. The number of halogens is 1. The van der Waals surface area contributed by atoms with E-state index in [4.69, 9.17) is 0 Å². The molecule has 0 spiro atoms. The Hall–Kier alpha value is -2.11. The third kappa shape index (κ3) is 5.22. The first-order chi connectivity index (χ1) is 11.8. The summed E-state index contributed by atoms with van der Waals surface area (Å²) in [6.07, 6.45) is 4.64. The molecule has 0 bridgehead atoms. The minimum absolute atomic E-state index is 0.209. The largest absolute Gasteiger partial charge is 0.302 e. The van der Waals surface area contributed by atoms with Gasteiger partial charge in [0.2, 0.25) is 0 Å². The van der Waals surface area contributed by atoms with Gasteiger partial charge in [0.25, 0.3) is 0 Å². The maximum Gasteiger partial charge on any atom is 0.123 e. The highest BCUT2D eigenvalue weighted by Gasteiger charge is 2.18. The van der Waals surface area contributed by atoms with Crippen LogP contribution in [0, 0.1) is 23.6 Å². The standard InChI is InChI=1S/C22H24FN/c23-22-11-9-19(10-12-22)6-4-5-15-24-16-13-21(14-17-24)18-20-7-2-1-3-8-20/h1-3,7-12,21H,5,13-18H2. The molecule has 1 nitrogen and oxygen atoms in total. The van der Waals surface area contributed by atoms with Crippen LogP contribution in [0.4, 0.5) is 4.39 Å². The molecule has 0 unspecified atom stereocenters. The van der Waals surface area contributed by atoms with Crippen LogP contribution in [0.3, 0.4) is 0 Å². The Bertz CT molecular complexity index is 673. The van der Waals surface area contributed by atoms with E-state index in [2.05, 4.69) is 47.1 Å². The summed E-state index contributed by atoms with van der Waals surface area (Å²) in [4.78, 5) is 2.51. The smallest absolute Gasteiger partial charge is 0.123 e. The van der Waals surface area contributed by atoms with Gasteiger partial charge in [0.15, 0.2) is 0 Å². The number of piperidine rings is 1. The lowest BCUT2D eigenvalue weighted by Crippen LogP contribution is -2.34. The molecule has 1 aliphatic rings. The number of rotatable bonds is 4. The number of nitrogens with zero attached hydrogens (tertiary/aromatic N) is 1. The first-order valence-electron chi connectivity index (χ1n) is 8.80. The number of hydrogen-bond donors (Lipinski definition) is 0. The summed E-state index contributed by atoms with van der Waals surface area (Å²) in [7, 11) is 0. The van der Waals surface area contributed by atoms with Crippen molar-refractivity contribution in [2.24, 2.45) is 5.92 Å². The van der Waals surface area contributed by atoms with Crippen molar-refractivity contribution < 1.29 is 4.39 Å². The maximum atomic E-state index is 12.8. The summed E-state index contributed by atoms with van der Waals surface area (Å²) in [5.74, 6) is 6.92. The zero-order valence-corrected chi connectivity index (χ0v) is 14.0. The van der Waals surface area contributed by atoms with Gasteiger partial charge in [-0.1, -0.05) is 42.2 Å². The number of likely N-dealkylation sites (tertiary alicyclic amines) is 1. The summed E-state index contributed by atoms with van der Waals surface area (Å²) < 4.78 is 12.8. The van der Waals surface area contributed by atoms with Gasteiger partial charge in [-0.15, -0.1) is 0 Å². The second-order valence-electron chi connectivity index (χ2n) is 6.53. The highest BCUT2D eigenvalue weighted by atomic mass is 19.1. The van der Waals surface area contributed by atoms with Crippen LogP contribution in [0.15, 0.2) is 54.6 Å². The Morgan fingerprint density at radius 3 is 2.38 bits per heavy atom. The van der Waals surface area contributed by atoms with Crippen molar-refractivity contribution in [2.75, 3.05) is 19.6 Å². The third-order valence-corrected chi connectivity index (χ3v) is 4.70. The Balaban J connectivity index is 1.37. The summed E-state index contributed by atoms with van der Waals surface area (Å²) in [5.41, 5.74) is 2.35. The van der Waals surface area contributed by atoms with Crippen LogP contribution in [-0.4, -0.2) is 24.5 Å². The molecule has 0 saturated carbocycles. The van der Waals surface area contributed by atoms with E-state index in [1.807, 2.05) is 0 Å². The second kappa shape index (κ2) is 8.66. The average molecular weight is 321 g/mol. The van der Waals surface area contributed by atoms with Gasteiger partial charge in [0, 0.05) is 18.5 Å². The van der Waals surface area contributed by atoms with Crippen LogP contribution in [0.5, 0.6) is 0 Å². The molecule has 0 radical (unpaired) electrons. The highest BCUT2D eigenvalue weighted by molar-refractivity contribution is 5.33. The van der Waals surface area contributed by atoms with Crippen LogP contribution in [-0.2, 0) is 6.42 Å². The molecule has 0 N–H and O–H groups in total. The van der Waals surface area contributed by atoms with Gasteiger partial charge in [-0.3, -0.25) is 0 Å². The Morgan fingerprint density at radius 1 is 0.958 bits per heavy atom. The second-order valence-corrected chi connectivity index (χ2v) is 6.53. The zero-order valence-electron chi connectivity index (χ0n) is 14.0. The lowest BCUT2D eigenvalue weighted by molar-refractivity contribution is 0.187. The van der Waals surface area contributed by atoms with Crippen molar-refractivity contribution in [3.63, 3.8) is 0 Å². The van der Waals surface area contributed by atoms with E-state index in [1.54, 1.807) is 12.1 Å². The Kier molecular flexibility index (Phi) is 6.04. The van der Waals surface area contributed by atoms with Crippen LogP contribution in [0.1, 0.15) is 30.4 Å². The minimum atomic E-state index is -0.209. The molecular formula is C22H24FN. The molecule has 24 heavy (non-hydrogen) atoms. The van der Waals surface area contributed by atoms with E-state index >= 15 is 0 Å². The van der Waals surface area contributed by atoms with Crippen molar-refractivity contribution >= 4 is 0 Å². The van der Waals surface area contributed by atoms with Gasteiger partial charge in [-0.2, -0.15) is 0 Å². The number of hydrogen-bond acceptors (Lipinski definition) is 1. The highest BCUT2D eigenvalue weighted by Crippen LogP contribution is 2.21. The molecule has 1 saturated heterocycles. The molecule has 2 aromatic rings. The lowest BCUT2D eigenvalue weighted by atomic mass is 9.90. The number of benzene rings is 2. The predicted molar refractivity (Wildman–Crippen MR) is 97.2 cm³/mol. The molecule has 124 valence electrons. The summed E-state index contributed by atoms with van der Waals surface area (Å²) >= 11 is 0. The van der Waals surface area contributed by atoms with Gasteiger partial charge < -0.3 is 4.90 Å². The molecule has 0 atom stereocenters. The van der Waals surface area contributed by atoms with Crippen LogP contribution >= 0.6 is 0 Å². The normalized spacial score (nSPS) is 15.7. The molecule has 1 aliphatic heterocycles. The fourth-order valence-electron chi connectivity index (χ4n) is 3.27. The first-order valence-corrected chi connectivity index (χ1v) is 8.80.